The van der Waals surface area contributed by atoms with Crippen LogP contribution in [0.2, 0.25) is 0 Å². The zero-order valence-corrected chi connectivity index (χ0v) is 10.5. The average Bonchev–Trinajstić information content (AvgIpc) is 2.82. The first-order valence-corrected chi connectivity index (χ1v) is 5.57. The quantitative estimate of drug-likeness (QED) is 0.850. The predicted octanol–water partition coefficient (Wildman–Crippen LogP) is 0.881. The predicted molar refractivity (Wildman–Crippen MR) is 66.5 cm³/mol. The summed E-state index contributed by atoms with van der Waals surface area (Å²) in [6.45, 7) is 0.728. The van der Waals surface area contributed by atoms with Gasteiger partial charge in [-0.15, -0.1) is 5.10 Å². The monoisotopic (exact) mass is 248 g/mol. The second-order valence-electron chi connectivity index (χ2n) is 3.70. The molecule has 2 rings (SSSR count). The third kappa shape index (κ3) is 2.20. The molecule has 0 amide bonds. The van der Waals surface area contributed by atoms with Crippen LogP contribution in [0.15, 0.2) is 24.3 Å². The summed E-state index contributed by atoms with van der Waals surface area (Å²) in [6.07, 6.45) is 0. The molecular formula is C12H16N4O2. The fourth-order valence-electron chi connectivity index (χ4n) is 1.77. The lowest BCUT2D eigenvalue weighted by Crippen LogP contribution is -2.08. The number of nitrogens with zero attached hydrogens (tertiary/aromatic N) is 3. The van der Waals surface area contributed by atoms with Gasteiger partial charge in [0, 0.05) is 13.7 Å². The molecule has 0 aliphatic carbocycles. The van der Waals surface area contributed by atoms with E-state index in [0.29, 0.717) is 13.2 Å². The topological polar surface area (TPSA) is 75.2 Å². The first kappa shape index (κ1) is 12.5. The van der Waals surface area contributed by atoms with Crippen LogP contribution in [0.4, 0.5) is 0 Å². The van der Waals surface area contributed by atoms with E-state index in [1.807, 2.05) is 24.3 Å². The highest BCUT2D eigenvalue weighted by Gasteiger charge is 2.15. The molecule has 0 fully saturated rings. The van der Waals surface area contributed by atoms with Crippen LogP contribution < -0.4 is 10.5 Å². The largest absolute Gasteiger partial charge is 0.494 e. The van der Waals surface area contributed by atoms with E-state index in [9.17, 15) is 0 Å². The van der Waals surface area contributed by atoms with Crippen LogP contribution in [-0.4, -0.2) is 29.2 Å². The smallest absolute Gasteiger partial charge is 0.144 e. The molecule has 0 unspecified atom stereocenters. The van der Waals surface area contributed by atoms with E-state index >= 15 is 0 Å². The van der Waals surface area contributed by atoms with Crippen molar-refractivity contribution in [1.82, 2.24) is 15.0 Å². The van der Waals surface area contributed by atoms with E-state index in [1.54, 1.807) is 18.9 Å². The van der Waals surface area contributed by atoms with Gasteiger partial charge in [-0.2, -0.15) is 0 Å². The third-order valence-electron chi connectivity index (χ3n) is 2.63. The molecule has 6 heteroatoms. The Morgan fingerprint density at radius 3 is 2.72 bits per heavy atom. The van der Waals surface area contributed by atoms with Gasteiger partial charge >= 0.3 is 0 Å². The van der Waals surface area contributed by atoms with Crippen molar-refractivity contribution in [3.8, 4) is 11.4 Å². The van der Waals surface area contributed by atoms with Crippen molar-refractivity contribution in [2.24, 2.45) is 5.73 Å². The van der Waals surface area contributed by atoms with Crippen LogP contribution in [0.25, 0.3) is 5.69 Å². The number of para-hydroxylation sites is 2. The summed E-state index contributed by atoms with van der Waals surface area (Å²) < 4.78 is 12.2. The summed E-state index contributed by atoms with van der Waals surface area (Å²) in [6, 6.07) is 7.60. The lowest BCUT2D eigenvalue weighted by molar-refractivity contribution is 0.178. The van der Waals surface area contributed by atoms with E-state index in [4.69, 9.17) is 15.2 Å². The Balaban J connectivity index is 2.52. The molecule has 1 aromatic heterocycles. The van der Waals surface area contributed by atoms with Gasteiger partial charge in [-0.25, -0.2) is 4.68 Å². The van der Waals surface area contributed by atoms with Crippen molar-refractivity contribution in [3.05, 3.63) is 35.7 Å². The molecular weight excluding hydrogens is 232 g/mol. The van der Waals surface area contributed by atoms with Gasteiger partial charge in [0.25, 0.3) is 0 Å². The number of nitrogens with two attached hydrogens (primary N) is 1. The van der Waals surface area contributed by atoms with Crippen LogP contribution in [0.1, 0.15) is 11.4 Å². The van der Waals surface area contributed by atoms with Gasteiger partial charge in [0.1, 0.15) is 17.1 Å². The minimum absolute atomic E-state index is 0.327. The molecule has 0 atom stereocenters. The average molecular weight is 248 g/mol. The first-order chi connectivity index (χ1) is 8.81. The Morgan fingerprint density at radius 2 is 2.06 bits per heavy atom. The Bertz CT molecular complexity index is 525. The number of aromatic nitrogens is 3. The number of benzene rings is 1. The molecule has 1 aromatic carbocycles. The highest BCUT2D eigenvalue weighted by molar-refractivity contribution is 5.47. The molecule has 18 heavy (non-hydrogen) atoms. The van der Waals surface area contributed by atoms with Crippen molar-refractivity contribution in [1.29, 1.82) is 0 Å². The summed E-state index contributed by atoms with van der Waals surface area (Å²) in [5, 5.41) is 8.17. The SMILES string of the molecule is COCc1c(CN)nnn1-c1ccccc1OC. The molecule has 2 aromatic rings. The van der Waals surface area contributed by atoms with Gasteiger partial charge in [0.15, 0.2) is 0 Å². The molecule has 1 heterocycles. The second-order valence-corrected chi connectivity index (χ2v) is 3.70. The highest BCUT2D eigenvalue weighted by Crippen LogP contribution is 2.23. The summed E-state index contributed by atoms with van der Waals surface area (Å²) in [4.78, 5) is 0. The third-order valence-corrected chi connectivity index (χ3v) is 2.63. The Morgan fingerprint density at radius 1 is 1.28 bits per heavy atom. The van der Waals surface area contributed by atoms with E-state index in [2.05, 4.69) is 10.3 Å². The molecule has 0 aliphatic rings. The first-order valence-electron chi connectivity index (χ1n) is 5.57. The fourth-order valence-corrected chi connectivity index (χ4v) is 1.77. The highest BCUT2D eigenvalue weighted by atomic mass is 16.5. The maximum atomic E-state index is 5.64. The summed E-state index contributed by atoms with van der Waals surface area (Å²) in [5.74, 6) is 0.725. The lowest BCUT2D eigenvalue weighted by atomic mass is 10.2. The van der Waals surface area contributed by atoms with Crippen molar-refractivity contribution >= 4 is 0 Å². The van der Waals surface area contributed by atoms with Gasteiger partial charge in [0.2, 0.25) is 0 Å². The Labute approximate surface area is 105 Å². The van der Waals surface area contributed by atoms with E-state index < -0.39 is 0 Å². The molecule has 96 valence electrons. The molecule has 0 aliphatic heterocycles. The van der Waals surface area contributed by atoms with Gasteiger partial charge in [-0.3, -0.25) is 0 Å². The molecule has 6 nitrogen and oxygen atoms in total. The van der Waals surface area contributed by atoms with Gasteiger partial charge in [0.05, 0.1) is 19.4 Å². The van der Waals surface area contributed by atoms with Crippen LogP contribution in [-0.2, 0) is 17.9 Å². The zero-order valence-electron chi connectivity index (χ0n) is 10.5. The van der Waals surface area contributed by atoms with Crippen LogP contribution in [0, 0.1) is 0 Å². The van der Waals surface area contributed by atoms with Crippen LogP contribution in [0.5, 0.6) is 5.75 Å². The summed E-state index contributed by atoms with van der Waals surface area (Å²) >= 11 is 0. The Kier molecular flexibility index (Phi) is 3.91. The standard InChI is InChI=1S/C12H16N4O2/c1-17-8-11-9(7-13)14-15-16(11)10-5-3-4-6-12(10)18-2/h3-6H,7-8,13H2,1-2H3. The summed E-state index contributed by atoms with van der Waals surface area (Å²) in [5.41, 5.74) is 8.02. The molecule has 0 spiro atoms. The number of rotatable bonds is 5. The van der Waals surface area contributed by atoms with E-state index in [0.717, 1.165) is 22.8 Å². The van der Waals surface area contributed by atoms with Crippen molar-refractivity contribution < 1.29 is 9.47 Å². The lowest BCUT2D eigenvalue weighted by Gasteiger charge is -2.10. The van der Waals surface area contributed by atoms with Crippen molar-refractivity contribution in [2.45, 2.75) is 13.2 Å². The van der Waals surface area contributed by atoms with Crippen LogP contribution >= 0.6 is 0 Å². The minimum atomic E-state index is 0.327. The van der Waals surface area contributed by atoms with Crippen molar-refractivity contribution in [2.75, 3.05) is 14.2 Å². The van der Waals surface area contributed by atoms with Gasteiger partial charge in [-0.05, 0) is 12.1 Å². The van der Waals surface area contributed by atoms with Crippen LogP contribution in [0.3, 0.4) is 0 Å². The maximum Gasteiger partial charge on any atom is 0.144 e. The van der Waals surface area contributed by atoms with E-state index in [-0.39, 0.29) is 0 Å². The van der Waals surface area contributed by atoms with Gasteiger partial charge in [-0.1, -0.05) is 17.3 Å². The number of ether oxygens (including phenoxy) is 2. The molecule has 0 saturated carbocycles. The number of hydrogen-bond acceptors (Lipinski definition) is 5. The van der Waals surface area contributed by atoms with E-state index in [1.165, 1.54) is 0 Å². The number of methoxy groups -OCH3 is 2. The normalized spacial score (nSPS) is 10.6. The zero-order chi connectivity index (χ0) is 13.0. The second kappa shape index (κ2) is 5.61. The number of hydrogen-bond donors (Lipinski definition) is 1. The summed E-state index contributed by atoms with van der Waals surface area (Å²) in [7, 11) is 3.25. The molecule has 0 bridgehead atoms. The minimum Gasteiger partial charge on any atom is -0.494 e. The molecule has 0 saturated heterocycles. The Hall–Kier alpha value is -1.92. The molecule has 0 radical (unpaired) electrons. The van der Waals surface area contributed by atoms with Gasteiger partial charge < -0.3 is 15.2 Å². The fraction of sp³-hybridized carbons (Fsp3) is 0.333. The molecule has 2 N–H and O–H groups in total. The maximum absolute atomic E-state index is 5.64. The van der Waals surface area contributed by atoms with Crippen molar-refractivity contribution in [3.63, 3.8) is 0 Å².